The van der Waals surface area contributed by atoms with E-state index in [0.29, 0.717) is 0 Å². The molecule has 0 radical (unpaired) electrons. The van der Waals surface area contributed by atoms with E-state index in [0.717, 1.165) is 16.9 Å². The topological polar surface area (TPSA) is 69.6 Å². The molecule has 0 aromatic carbocycles. The fraction of sp³-hybridized carbons (Fsp3) is 0.222. The van der Waals surface area contributed by atoms with Gasteiger partial charge >= 0.3 is 0 Å². The predicted octanol–water partition coefficient (Wildman–Crippen LogP) is 1.39. The molecule has 0 spiro atoms. The zero-order chi connectivity index (χ0) is 11.7. The van der Waals surface area contributed by atoms with Gasteiger partial charge in [-0.05, 0) is 24.8 Å². The summed E-state index contributed by atoms with van der Waals surface area (Å²) in [5.74, 6) is -0.430. The molecule has 2 N–H and O–H groups in total. The molecule has 0 aliphatic heterocycles. The van der Waals surface area contributed by atoms with Crippen molar-refractivity contribution in [1.29, 1.82) is 0 Å². The molecule has 0 aliphatic carbocycles. The van der Waals surface area contributed by atoms with Gasteiger partial charge in [-0.15, -0.1) is 0 Å². The van der Waals surface area contributed by atoms with Gasteiger partial charge in [0.25, 0.3) is 0 Å². The molecule has 0 amide bonds. The molecule has 0 saturated carbocycles. The third kappa shape index (κ3) is 2.13. The highest BCUT2D eigenvalue weighted by molar-refractivity contribution is 7.99. The van der Waals surface area contributed by atoms with Crippen LogP contribution in [0.3, 0.4) is 0 Å². The molecular weight excluding hydrogens is 229 g/mol. The van der Waals surface area contributed by atoms with Crippen LogP contribution in [0.1, 0.15) is 5.69 Å². The van der Waals surface area contributed by atoms with E-state index in [-0.39, 0.29) is 11.0 Å². The van der Waals surface area contributed by atoms with E-state index in [1.807, 2.05) is 13.0 Å². The van der Waals surface area contributed by atoms with Crippen molar-refractivity contribution >= 4 is 17.7 Å². The van der Waals surface area contributed by atoms with E-state index in [4.69, 9.17) is 5.73 Å². The molecule has 7 heteroatoms. The summed E-state index contributed by atoms with van der Waals surface area (Å²) in [5.41, 5.74) is 6.27. The number of nitrogens with zero attached hydrogens (tertiary/aromatic N) is 4. The van der Waals surface area contributed by atoms with Gasteiger partial charge in [-0.3, -0.25) is 4.68 Å². The molecule has 16 heavy (non-hydrogen) atoms. The number of rotatable bonds is 2. The molecule has 0 bridgehead atoms. The highest BCUT2D eigenvalue weighted by Gasteiger charge is 2.10. The normalized spacial score (nSPS) is 10.7. The number of halogens is 1. The van der Waals surface area contributed by atoms with E-state index in [1.54, 1.807) is 11.7 Å². The van der Waals surface area contributed by atoms with Gasteiger partial charge in [0.05, 0.1) is 11.9 Å². The lowest BCUT2D eigenvalue weighted by Crippen LogP contribution is -1.99. The summed E-state index contributed by atoms with van der Waals surface area (Å²) in [5, 5.41) is 5.16. The monoisotopic (exact) mass is 239 g/mol. The lowest BCUT2D eigenvalue weighted by atomic mass is 10.5. The summed E-state index contributed by atoms with van der Waals surface area (Å²) < 4.78 is 15.0. The summed E-state index contributed by atoms with van der Waals surface area (Å²) in [6, 6.07) is 1.85. The fourth-order valence-corrected chi connectivity index (χ4v) is 2.11. The Balaban J connectivity index is 2.33. The number of hydrogen-bond donors (Lipinski definition) is 1. The first kappa shape index (κ1) is 10.9. The fourth-order valence-electron chi connectivity index (χ4n) is 1.22. The van der Waals surface area contributed by atoms with Crippen LogP contribution in [0.2, 0.25) is 0 Å². The molecule has 0 atom stereocenters. The first-order valence-electron chi connectivity index (χ1n) is 4.53. The van der Waals surface area contributed by atoms with Crippen molar-refractivity contribution in [2.45, 2.75) is 17.0 Å². The first-order chi connectivity index (χ1) is 7.56. The second-order valence-electron chi connectivity index (χ2n) is 3.23. The van der Waals surface area contributed by atoms with Crippen molar-refractivity contribution in [1.82, 2.24) is 19.7 Å². The summed E-state index contributed by atoms with van der Waals surface area (Å²) in [6.45, 7) is 1.87. The van der Waals surface area contributed by atoms with Crippen LogP contribution in [0, 0.1) is 12.7 Å². The number of aryl methyl sites for hydroxylation is 2. The van der Waals surface area contributed by atoms with Gasteiger partial charge in [0.2, 0.25) is 5.95 Å². The van der Waals surface area contributed by atoms with Gasteiger partial charge in [-0.1, -0.05) is 0 Å². The van der Waals surface area contributed by atoms with Gasteiger partial charge in [-0.2, -0.15) is 5.10 Å². The van der Waals surface area contributed by atoms with Crippen LogP contribution in [0.25, 0.3) is 0 Å². The van der Waals surface area contributed by atoms with Crippen molar-refractivity contribution < 1.29 is 4.39 Å². The lowest BCUT2D eigenvalue weighted by molar-refractivity contribution is 0.579. The maximum Gasteiger partial charge on any atom is 0.221 e. The second kappa shape index (κ2) is 4.09. The summed E-state index contributed by atoms with van der Waals surface area (Å²) in [4.78, 5) is 7.40. The molecule has 0 saturated heterocycles. The summed E-state index contributed by atoms with van der Waals surface area (Å²) >= 11 is 1.17. The van der Waals surface area contributed by atoms with Crippen molar-refractivity contribution in [3.05, 3.63) is 23.8 Å². The Kier molecular flexibility index (Phi) is 2.78. The summed E-state index contributed by atoms with van der Waals surface area (Å²) in [6.07, 6.45) is 1.06. The molecule has 2 heterocycles. The second-order valence-corrected chi connectivity index (χ2v) is 4.24. The number of hydrogen-bond acceptors (Lipinski definition) is 5. The largest absolute Gasteiger partial charge is 0.368 e. The number of nitrogens with two attached hydrogens (primary N) is 1. The van der Waals surface area contributed by atoms with Gasteiger partial charge in [0.15, 0.2) is 5.82 Å². The molecule has 2 aromatic rings. The highest BCUT2D eigenvalue weighted by atomic mass is 32.2. The predicted molar refractivity (Wildman–Crippen MR) is 58.5 cm³/mol. The van der Waals surface area contributed by atoms with E-state index >= 15 is 0 Å². The molecule has 0 unspecified atom stereocenters. The van der Waals surface area contributed by atoms with E-state index in [2.05, 4.69) is 15.1 Å². The smallest absolute Gasteiger partial charge is 0.221 e. The maximum absolute atomic E-state index is 13.4. The molecule has 0 fully saturated rings. The van der Waals surface area contributed by atoms with Gasteiger partial charge in [0, 0.05) is 7.05 Å². The Hall–Kier alpha value is -1.63. The minimum Gasteiger partial charge on any atom is -0.368 e. The standard InChI is InChI=1S/C9H10FN5S/c1-5-3-7(15(2)14-5)16-8-6(10)4-12-9(11)13-8/h3-4H,1-2H3,(H2,11,12,13). The van der Waals surface area contributed by atoms with E-state index in [1.165, 1.54) is 11.8 Å². The molecule has 0 aliphatic rings. The van der Waals surface area contributed by atoms with Gasteiger partial charge in [0.1, 0.15) is 10.1 Å². The number of aromatic nitrogens is 4. The van der Waals surface area contributed by atoms with Crippen LogP contribution in [-0.4, -0.2) is 19.7 Å². The number of anilines is 1. The lowest BCUT2D eigenvalue weighted by Gasteiger charge is -2.02. The van der Waals surface area contributed by atoms with Crippen LogP contribution in [-0.2, 0) is 7.05 Å². The van der Waals surface area contributed by atoms with E-state index in [9.17, 15) is 4.39 Å². The molecule has 2 rings (SSSR count). The zero-order valence-corrected chi connectivity index (χ0v) is 9.62. The average Bonchev–Trinajstić information content (AvgIpc) is 2.51. The van der Waals surface area contributed by atoms with Crippen molar-refractivity contribution in [2.75, 3.05) is 5.73 Å². The first-order valence-corrected chi connectivity index (χ1v) is 5.34. The Morgan fingerprint density at radius 1 is 1.50 bits per heavy atom. The van der Waals surface area contributed by atoms with Crippen LogP contribution < -0.4 is 5.73 Å². The van der Waals surface area contributed by atoms with Crippen LogP contribution >= 0.6 is 11.8 Å². The molecule has 2 aromatic heterocycles. The molecule has 84 valence electrons. The average molecular weight is 239 g/mol. The third-order valence-electron chi connectivity index (χ3n) is 1.89. The molecule has 5 nitrogen and oxygen atoms in total. The van der Waals surface area contributed by atoms with Crippen LogP contribution in [0.4, 0.5) is 10.3 Å². The minimum absolute atomic E-state index is 0.0581. The van der Waals surface area contributed by atoms with Crippen molar-refractivity contribution in [2.24, 2.45) is 7.05 Å². The van der Waals surface area contributed by atoms with Gasteiger partial charge < -0.3 is 5.73 Å². The third-order valence-corrected chi connectivity index (χ3v) is 2.96. The Bertz CT molecular complexity index is 525. The molecular formula is C9H10FN5S. The minimum atomic E-state index is -0.488. The Morgan fingerprint density at radius 2 is 2.25 bits per heavy atom. The zero-order valence-electron chi connectivity index (χ0n) is 8.81. The number of nitrogen functional groups attached to an aromatic ring is 1. The van der Waals surface area contributed by atoms with Crippen molar-refractivity contribution in [3.63, 3.8) is 0 Å². The van der Waals surface area contributed by atoms with Crippen LogP contribution in [0.15, 0.2) is 22.3 Å². The van der Waals surface area contributed by atoms with Gasteiger partial charge in [-0.25, -0.2) is 14.4 Å². The summed E-state index contributed by atoms with van der Waals surface area (Å²) in [7, 11) is 1.79. The SMILES string of the molecule is Cc1cc(Sc2nc(N)ncc2F)n(C)n1. The highest BCUT2D eigenvalue weighted by Crippen LogP contribution is 2.28. The van der Waals surface area contributed by atoms with Crippen LogP contribution in [0.5, 0.6) is 0 Å². The quantitative estimate of drug-likeness (QED) is 0.802. The Labute approximate surface area is 95.9 Å². The van der Waals surface area contributed by atoms with Crippen molar-refractivity contribution in [3.8, 4) is 0 Å². The van der Waals surface area contributed by atoms with E-state index < -0.39 is 5.82 Å². The maximum atomic E-state index is 13.4. The Morgan fingerprint density at radius 3 is 2.88 bits per heavy atom.